The first kappa shape index (κ1) is 14.4. The maximum atomic E-state index is 13.9. The van der Waals surface area contributed by atoms with Crippen LogP contribution in [0.1, 0.15) is 31.1 Å². The van der Waals surface area contributed by atoms with E-state index in [-0.39, 0.29) is 16.3 Å². The summed E-state index contributed by atoms with van der Waals surface area (Å²) in [6, 6.07) is 2.21. The molecule has 0 atom stereocenters. The van der Waals surface area contributed by atoms with Crippen LogP contribution in [0.3, 0.4) is 0 Å². The second-order valence-corrected chi connectivity index (χ2v) is 5.17. The Bertz CT molecular complexity index is 497. The van der Waals surface area contributed by atoms with Crippen LogP contribution >= 0.6 is 11.6 Å². The SMILES string of the molecule is CC(C)(C)N(C(=O)O)c1c(F)cc(Cl)cc1C=O. The van der Waals surface area contributed by atoms with E-state index in [4.69, 9.17) is 11.6 Å². The van der Waals surface area contributed by atoms with Crippen molar-refractivity contribution in [3.63, 3.8) is 0 Å². The first-order valence-corrected chi connectivity index (χ1v) is 5.53. The number of hydrogen-bond acceptors (Lipinski definition) is 2. The van der Waals surface area contributed by atoms with Gasteiger partial charge in [-0.25, -0.2) is 9.18 Å². The minimum absolute atomic E-state index is 0.0394. The van der Waals surface area contributed by atoms with Gasteiger partial charge in [-0.1, -0.05) is 11.6 Å². The smallest absolute Gasteiger partial charge is 0.412 e. The molecule has 0 aromatic heterocycles. The number of aldehydes is 1. The Morgan fingerprint density at radius 3 is 2.39 bits per heavy atom. The van der Waals surface area contributed by atoms with Gasteiger partial charge < -0.3 is 5.11 Å². The fourth-order valence-corrected chi connectivity index (χ4v) is 1.84. The molecule has 4 nitrogen and oxygen atoms in total. The molecule has 0 spiro atoms. The molecule has 1 aromatic rings. The van der Waals surface area contributed by atoms with E-state index in [9.17, 15) is 19.1 Å². The Balaban J connectivity index is 3.55. The zero-order valence-electron chi connectivity index (χ0n) is 10.2. The molecular formula is C12H13ClFNO3. The van der Waals surface area contributed by atoms with Crippen LogP contribution in [0.5, 0.6) is 0 Å². The van der Waals surface area contributed by atoms with Gasteiger partial charge in [-0.2, -0.15) is 0 Å². The molecule has 0 saturated carbocycles. The molecule has 0 saturated heterocycles. The second-order valence-electron chi connectivity index (χ2n) is 4.73. The highest BCUT2D eigenvalue weighted by Gasteiger charge is 2.32. The van der Waals surface area contributed by atoms with Crippen LogP contribution in [0, 0.1) is 5.82 Å². The summed E-state index contributed by atoms with van der Waals surface area (Å²) in [6.45, 7) is 4.80. The van der Waals surface area contributed by atoms with E-state index in [0.717, 1.165) is 11.0 Å². The summed E-state index contributed by atoms with van der Waals surface area (Å²) in [5.74, 6) is -0.845. The highest BCUT2D eigenvalue weighted by molar-refractivity contribution is 6.31. The molecule has 6 heteroatoms. The van der Waals surface area contributed by atoms with E-state index in [0.29, 0.717) is 6.29 Å². The number of amides is 1. The van der Waals surface area contributed by atoms with Crippen LogP contribution in [0.25, 0.3) is 0 Å². The van der Waals surface area contributed by atoms with E-state index in [1.165, 1.54) is 6.07 Å². The van der Waals surface area contributed by atoms with Crippen molar-refractivity contribution in [2.45, 2.75) is 26.3 Å². The van der Waals surface area contributed by atoms with Crippen molar-refractivity contribution in [1.29, 1.82) is 0 Å². The summed E-state index contributed by atoms with van der Waals surface area (Å²) in [5.41, 5.74) is -1.27. The lowest BCUT2D eigenvalue weighted by Gasteiger charge is -2.34. The quantitative estimate of drug-likeness (QED) is 0.838. The van der Waals surface area contributed by atoms with Crippen LogP contribution in [-0.4, -0.2) is 23.0 Å². The monoisotopic (exact) mass is 273 g/mol. The van der Waals surface area contributed by atoms with Crippen LogP contribution in [0.15, 0.2) is 12.1 Å². The van der Waals surface area contributed by atoms with Gasteiger partial charge in [-0.05, 0) is 32.9 Å². The average molecular weight is 274 g/mol. The van der Waals surface area contributed by atoms with Crippen molar-refractivity contribution in [3.05, 3.63) is 28.5 Å². The Morgan fingerprint density at radius 2 is 2.00 bits per heavy atom. The van der Waals surface area contributed by atoms with Crippen molar-refractivity contribution in [2.75, 3.05) is 4.90 Å². The summed E-state index contributed by atoms with van der Waals surface area (Å²) in [5, 5.41) is 9.23. The average Bonchev–Trinajstić information content (AvgIpc) is 2.18. The lowest BCUT2D eigenvalue weighted by atomic mass is 10.0. The molecule has 0 aliphatic heterocycles. The first-order valence-electron chi connectivity index (χ1n) is 5.16. The second kappa shape index (κ2) is 4.94. The molecule has 18 heavy (non-hydrogen) atoms. The molecule has 1 N–H and O–H groups in total. The third-order valence-electron chi connectivity index (χ3n) is 2.27. The number of anilines is 1. The fraction of sp³-hybridized carbons (Fsp3) is 0.333. The molecule has 0 aliphatic carbocycles. The Hall–Kier alpha value is -1.62. The minimum atomic E-state index is -1.34. The summed E-state index contributed by atoms with van der Waals surface area (Å²) < 4.78 is 13.9. The first-order chi connectivity index (χ1) is 8.18. The van der Waals surface area contributed by atoms with Crippen molar-refractivity contribution < 1.29 is 19.1 Å². The largest absolute Gasteiger partial charge is 0.465 e. The summed E-state index contributed by atoms with van der Waals surface area (Å²) in [7, 11) is 0. The molecule has 0 aliphatic rings. The van der Waals surface area contributed by atoms with E-state index in [1.807, 2.05) is 0 Å². The number of hydrogen-bond donors (Lipinski definition) is 1. The molecule has 1 amide bonds. The Kier molecular flexibility index (Phi) is 3.96. The zero-order chi connectivity index (χ0) is 14.1. The van der Waals surface area contributed by atoms with Crippen LogP contribution in [-0.2, 0) is 0 Å². The molecule has 0 heterocycles. The fourth-order valence-electron chi connectivity index (χ4n) is 1.63. The predicted octanol–water partition coefficient (Wildman–Crippen LogP) is 3.57. The molecule has 1 aromatic carbocycles. The minimum Gasteiger partial charge on any atom is -0.465 e. The van der Waals surface area contributed by atoms with Gasteiger partial charge in [0.05, 0.1) is 5.69 Å². The Labute approximate surface area is 109 Å². The lowest BCUT2D eigenvalue weighted by molar-refractivity contribution is 0.112. The van der Waals surface area contributed by atoms with E-state index >= 15 is 0 Å². The van der Waals surface area contributed by atoms with Crippen molar-refractivity contribution in [1.82, 2.24) is 0 Å². The number of carbonyl (C=O) groups is 2. The highest BCUT2D eigenvalue weighted by Crippen LogP contribution is 2.32. The van der Waals surface area contributed by atoms with Gasteiger partial charge in [0.2, 0.25) is 0 Å². The summed E-state index contributed by atoms with van der Waals surface area (Å²) in [4.78, 5) is 23.0. The van der Waals surface area contributed by atoms with Gasteiger partial charge in [0, 0.05) is 16.1 Å². The number of carboxylic acid groups (broad SMARTS) is 1. The topological polar surface area (TPSA) is 57.6 Å². The van der Waals surface area contributed by atoms with Crippen molar-refractivity contribution >= 4 is 29.7 Å². The maximum absolute atomic E-state index is 13.9. The molecule has 0 radical (unpaired) electrons. The van der Waals surface area contributed by atoms with Gasteiger partial charge in [0.1, 0.15) is 5.82 Å². The van der Waals surface area contributed by atoms with E-state index in [2.05, 4.69) is 0 Å². The molecule has 0 bridgehead atoms. The van der Waals surface area contributed by atoms with Gasteiger partial charge >= 0.3 is 6.09 Å². The summed E-state index contributed by atoms with van der Waals surface area (Å²) in [6.07, 6.45) is -0.960. The molecule has 0 unspecified atom stereocenters. The highest BCUT2D eigenvalue weighted by atomic mass is 35.5. The third-order valence-corrected chi connectivity index (χ3v) is 2.49. The van der Waals surface area contributed by atoms with Crippen LogP contribution in [0.4, 0.5) is 14.9 Å². The number of carbonyl (C=O) groups excluding carboxylic acids is 1. The number of nitrogens with zero attached hydrogens (tertiary/aromatic N) is 1. The maximum Gasteiger partial charge on any atom is 0.412 e. The third kappa shape index (κ3) is 2.79. The summed E-state index contributed by atoms with van der Waals surface area (Å²) >= 11 is 5.63. The van der Waals surface area contributed by atoms with Gasteiger partial charge in [-0.15, -0.1) is 0 Å². The number of benzene rings is 1. The standard InChI is InChI=1S/C12H13ClFNO3/c1-12(2,3)15(11(17)18)10-7(6-16)4-8(13)5-9(10)14/h4-6H,1-3H3,(H,17,18). The predicted molar refractivity (Wildman–Crippen MR) is 67.1 cm³/mol. The van der Waals surface area contributed by atoms with Crippen LogP contribution in [0.2, 0.25) is 5.02 Å². The molecule has 1 rings (SSSR count). The lowest BCUT2D eigenvalue weighted by Crippen LogP contribution is -2.46. The van der Waals surface area contributed by atoms with E-state index < -0.39 is 17.4 Å². The zero-order valence-corrected chi connectivity index (χ0v) is 11.0. The van der Waals surface area contributed by atoms with Gasteiger partial charge in [-0.3, -0.25) is 9.69 Å². The van der Waals surface area contributed by atoms with Gasteiger partial charge in [0.15, 0.2) is 6.29 Å². The van der Waals surface area contributed by atoms with Crippen molar-refractivity contribution in [3.8, 4) is 0 Å². The normalized spacial score (nSPS) is 11.2. The van der Waals surface area contributed by atoms with E-state index in [1.54, 1.807) is 20.8 Å². The van der Waals surface area contributed by atoms with Crippen molar-refractivity contribution in [2.24, 2.45) is 0 Å². The molecule has 98 valence electrons. The number of halogens is 2. The molecular weight excluding hydrogens is 261 g/mol. The Morgan fingerprint density at radius 1 is 1.44 bits per heavy atom. The van der Waals surface area contributed by atoms with Crippen LogP contribution < -0.4 is 4.90 Å². The van der Waals surface area contributed by atoms with Gasteiger partial charge in [0.25, 0.3) is 0 Å². The molecule has 0 fully saturated rings. The number of rotatable bonds is 2.